The Labute approximate surface area is 158 Å². The number of rotatable bonds is 6. The largest absolute Gasteiger partial charge is 0.497 e. The maximum absolute atomic E-state index is 12.1. The Bertz CT molecular complexity index is 958. The van der Waals surface area contributed by atoms with E-state index in [0.29, 0.717) is 28.2 Å². The predicted molar refractivity (Wildman–Crippen MR) is 98.2 cm³/mol. The summed E-state index contributed by atoms with van der Waals surface area (Å²) in [4.78, 5) is 16.4. The highest BCUT2D eigenvalue weighted by Gasteiger charge is 2.15. The van der Waals surface area contributed by atoms with Crippen molar-refractivity contribution in [3.8, 4) is 28.7 Å². The van der Waals surface area contributed by atoms with Gasteiger partial charge < -0.3 is 24.1 Å². The lowest BCUT2D eigenvalue weighted by molar-refractivity contribution is -0.113. The number of carbonyl (C=O) groups excluding carboxylic acids is 1. The number of carbonyl (C=O) groups is 1. The number of nitrogens with zero attached hydrogens (tertiary/aromatic N) is 2. The summed E-state index contributed by atoms with van der Waals surface area (Å²) in [6, 6.07) is 12.5. The number of aromatic nitrogens is 2. The van der Waals surface area contributed by atoms with Gasteiger partial charge in [0.2, 0.25) is 17.9 Å². The van der Waals surface area contributed by atoms with Crippen LogP contribution in [0.4, 0.5) is 5.69 Å². The fourth-order valence-electron chi connectivity index (χ4n) is 2.42. The summed E-state index contributed by atoms with van der Waals surface area (Å²) in [7, 11) is 1.60. The summed E-state index contributed by atoms with van der Waals surface area (Å²) >= 11 is 1.19. The molecule has 0 spiro atoms. The average Bonchev–Trinajstić information content (AvgIpc) is 3.35. The average molecular weight is 385 g/mol. The summed E-state index contributed by atoms with van der Waals surface area (Å²) in [5, 5.41) is 7.08. The second-order valence-electron chi connectivity index (χ2n) is 5.52. The van der Waals surface area contributed by atoms with E-state index in [0.717, 1.165) is 11.3 Å². The van der Waals surface area contributed by atoms with Crippen LogP contribution < -0.4 is 19.5 Å². The van der Waals surface area contributed by atoms with E-state index >= 15 is 0 Å². The van der Waals surface area contributed by atoms with Gasteiger partial charge in [0.05, 0.1) is 12.9 Å². The molecule has 0 fully saturated rings. The molecule has 0 radical (unpaired) electrons. The Kier molecular flexibility index (Phi) is 4.84. The molecule has 9 heteroatoms. The Morgan fingerprint density at radius 1 is 1.19 bits per heavy atom. The number of fused-ring (bicyclic) bond motifs is 1. The summed E-state index contributed by atoms with van der Waals surface area (Å²) in [6.45, 7) is 0.191. The van der Waals surface area contributed by atoms with Crippen LogP contribution in [0.5, 0.6) is 17.2 Å². The van der Waals surface area contributed by atoms with Crippen molar-refractivity contribution in [3.05, 3.63) is 42.5 Å². The van der Waals surface area contributed by atoms with E-state index < -0.39 is 0 Å². The van der Waals surface area contributed by atoms with Crippen LogP contribution in [0.25, 0.3) is 11.5 Å². The molecule has 3 aromatic rings. The van der Waals surface area contributed by atoms with Crippen molar-refractivity contribution >= 4 is 23.4 Å². The van der Waals surface area contributed by atoms with Crippen LogP contribution in [0.15, 0.2) is 52.1 Å². The van der Waals surface area contributed by atoms with E-state index in [1.807, 2.05) is 24.3 Å². The minimum Gasteiger partial charge on any atom is -0.497 e. The standard InChI is InChI=1S/C18H15N3O5S/c1-23-13-5-2-11(3-6-13)17-20-18(21-26-17)27-9-16(22)19-12-4-7-14-15(8-12)25-10-24-14/h2-8H,9-10H2,1H3,(H,19,22). The molecule has 1 aromatic heterocycles. The van der Waals surface area contributed by atoms with Gasteiger partial charge in [-0.05, 0) is 41.6 Å². The zero-order chi connectivity index (χ0) is 18.6. The van der Waals surface area contributed by atoms with Gasteiger partial charge in [0.25, 0.3) is 5.89 Å². The molecule has 0 aliphatic carbocycles. The highest BCUT2D eigenvalue weighted by molar-refractivity contribution is 7.99. The Hall–Kier alpha value is -3.20. The van der Waals surface area contributed by atoms with Crippen molar-refractivity contribution < 1.29 is 23.5 Å². The van der Waals surface area contributed by atoms with Crippen molar-refractivity contribution in [1.82, 2.24) is 10.1 Å². The molecule has 4 rings (SSSR count). The van der Waals surface area contributed by atoms with Crippen LogP contribution in [0.3, 0.4) is 0 Å². The summed E-state index contributed by atoms with van der Waals surface area (Å²) in [5.74, 6) is 2.37. The van der Waals surface area contributed by atoms with Crippen molar-refractivity contribution in [2.24, 2.45) is 0 Å². The molecular weight excluding hydrogens is 370 g/mol. The van der Waals surface area contributed by atoms with Gasteiger partial charge in [-0.2, -0.15) is 4.98 Å². The van der Waals surface area contributed by atoms with Gasteiger partial charge in [-0.15, -0.1) is 0 Å². The van der Waals surface area contributed by atoms with Crippen LogP contribution in [0, 0.1) is 0 Å². The van der Waals surface area contributed by atoms with Crippen molar-refractivity contribution in [1.29, 1.82) is 0 Å². The second kappa shape index (κ2) is 7.58. The first-order valence-electron chi connectivity index (χ1n) is 8.02. The van der Waals surface area contributed by atoms with Gasteiger partial charge in [-0.1, -0.05) is 11.8 Å². The molecule has 0 saturated carbocycles. The van der Waals surface area contributed by atoms with Crippen LogP contribution in [0.2, 0.25) is 0 Å². The van der Waals surface area contributed by atoms with Crippen LogP contribution in [-0.2, 0) is 4.79 Å². The third kappa shape index (κ3) is 3.98. The number of anilines is 1. The first kappa shape index (κ1) is 17.2. The zero-order valence-corrected chi connectivity index (χ0v) is 15.1. The van der Waals surface area contributed by atoms with E-state index in [-0.39, 0.29) is 18.5 Å². The Morgan fingerprint density at radius 3 is 2.81 bits per heavy atom. The molecular formula is C18H15N3O5S. The lowest BCUT2D eigenvalue weighted by Gasteiger charge is -2.05. The van der Waals surface area contributed by atoms with Crippen molar-refractivity contribution in [2.75, 3.05) is 25.0 Å². The molecule has 0 bridgehead atoms. The lowest BCUT2D eigenvalue weighted by Crippen LogP contribution is -2.14. The number of hydrogen-bond donors (Lipinski definition) is 1. The van der Waals surface area contributed by atoms with Crippen LogP contribution >= 0.6 is 11.8 Å². The topological polar surface area (TPSA) is 95.7 Å². The third-order valence-corrected chi connectivity index (χ3v) is 4.56. The SMILES string of the molecule is COc1ccc(-c2nc(SCC(=O)Nc3ccc4c(c3)OCO4)no2)cc1. The number of ether oxygens (including phenoxy) is 3. The van der Waals surface area contributed by atoms with Crippen molar-refractivity contribution in [3.63, 3.8) is 0 Å². The molecule has 2 heterocycles. The van der Waals surface area contributed by atoms with Gasteiger partial charge in [0.15, 0.2) is 11.5 Å². The molecule has 1 N–H and O–H groups in total. The zero-order valence-electron chi connectivity index (χ0n) is 14.3. The molecule has 0 saturated heterocycles. The first-order chi connectivity index (χ1) is 13.2. The number of thioether (sulfide) groups is 1. The smallest absolute Gasteiger partial charge is 0.258 e. The summed E-state index contributed by atoms with van der Waals surface area (Å²) in [5.41, 5.74) is 1.41. The minimum atomic E-state index is -0.185. The molecule has 2 aromatic carbocycles. The van der Waals surface area contributed by atoms with E-state index in [1.54, 1.807) is 25.3 Å². The monoisotopic (exact) mass is 385 g/mol. The minimum absolute atomic E-state index is 0.149. The second-order valence-corrected chi connectivity index (χ2v) is 6.46. The molecule has 0 atom stereocenters. The van der Waals surface area contributed by atoms with Gasteiger partial charge in [-0.25, -0.2) is 0 Å². The molecule has 27 heavy (non-hydrogen) atoms. The number of methoxy groups -OCH3 is 1. The Morgan fingerprint density at radius 2 is 2.00 bits per heavy atom. The van der Waals surface area contributed by atoms with Crippen LogP contribution in [0.1, 0.15) is 0 Å². The molecule has 1 aliphatic heterocycles. The fourth-order valence-corrected chi connectivity index (χ4v) is 2.99. The highest BCUT2D eigenvalue weighted by Crippen LogP contribution is 2.34. The van der Waals surface area contributed by atoms with Crippen LogP contribution in [-0.4, -0.2) is 35.7 Å². The van der Waals surface area contributed by atoms with E-state index in [9.17, 15) is 4.79 Å². The quantitative estimate of drug-likeness (QED) is 0.646. The predicted octanol–water partition coefficient (Wildman–Crippen LogP) is 3.20. The fraction of sp³-hybridized carbons (Fsp3) is 0.167. The van der Waals surface area contributed by atoms with Crippen molar-refractivity contribution in [2.45, 2.75) is 5.16 Å². The maximum atomic E-state index is 12.1. The van der Waals surface area contributed by atoms with E-state index in [2.05, 4.69) is 15.5 Å². The maximum Gasteiger partial charge on any atom is 0.258 e. The molecule has 138 valence electrons. The summed E-state index contributed by atoms with van der Waals surface area (Å²) in [6.07, 6.45) is 0. The third-order valence-electron chi connectivity index (χ3n) is 3.73. The molecule has 1 aliphatic rings. The van der Waals surface area contributed by atoms with Gasteiger partial charge in [0, 0.05) is 17.3 Å². The number of nitrogens with one attached hydrogen (secondary N) is 1. The number of amides is 1. The normalized spacial score (nSPS) is 12.0. The molecule has 8 nitrogen and oxygen atoms in total. The lowest BCUT2D eigenvalue weighted by atomic mass is 10.2. The molecule has 1 amide bonds. The van der Waals surface area contributed by atoms with Gasteiger partial charge in [-0.3, -0.25) is 4.79 Å². The van der Waals surface area contributed by atoms with E-state index in [4.69, 9.17) is 18.7 Å². The van der Waals surface area contributed by atoms with E-state index in [1.165, 1.54) is 11.8 Å². The summed E-state index contributed by atoms with van der Waals surface area (Å²) < 4.78 is 20.9. The van der Waals surface area contributed by atoms with Gasteiger partial charge >= 0.3 is 0 Å². The number of benzene rings is 2. The van der Waals surface area contributed by atoms with Gasteiger partial charge in [0.1, 0.15) is 5.75 Å². The number of hydrogen-bond acceptors (Lipinski definition) is 8. The molecule has 0 unspecified atom stereocenters. The first-order valence-corrected chi connectivity index (χ1v) is 9.00. The Balaban J connectivity index is 1.33. The highest BCUT2D eigenvalue weighted by atomic mass is 32.2.